The second-order valence-electron chi connectivity index (χ2n) is 5.28. The molecule has 1 aromatic carbocycles. The number of benzene rings is 1. The molecule has 26 heavy (non-hydrogen) atoms. The van der Waals surface area contributed by atoms with E-state index in [0.29, 0.717) is 10.0 Å². The van der Waals surface area contributed by atoms with Gasteiger partial charge in [-0.1, -0.05) is 6.07 Å². The molecule has 0 unspecified atom stereocenters. The first kappa shape index (κ1) is 18.0. The number of carbonyl (C=O) groups excluding carboxylic acids is 3. The summed E-state index contributed by atoms with van der Waals surface area (Å²) < 4.78 is 5.60. The van der Waals surface area contributed by atoms with Crippen LogP contribution >= 0.6 is 22.7 Å². The number of hydrogen-bond donors (Lipinski definition) is 2. The van der Waals surface area contributed by atoms with Crippen molar-refractivity contribution in [3.63, 3.8) is 0 Å². The van der Waals surface area contributed by atoms with E-state index < -0.39 is 17.9 Å². The Morgan fingerprint density at radius 3 is 2.77 bits per heavy atom. The van der Waals surface area contributed by atoms with E-state index in [2.05, 4.69) is 20.4 Å². The van der Waals surface area contributed by atoms with Gasteiger partial charge in [-0.05, 0) is 43.0 Å². The van der Waals surface area contributed by atoms with E-state index in [9.17, 15) is 14.4 Å². The number of aromatic nitrogens is 1. The Morgan fingerprint density at radius 2 is 2.00 bits per heavy atom. The fourth-order valence-corrected chi connectivity index (χ4v) is 3.94. The predicted molar refractivity (Wildman–Crippen MR) is 101 cm³/mol. The van der Waals surface area contributed by atoms with Gasteiger partial charge in [-0.25, -0.2) is 9.78 Å². The van der Waals surface area contributed by atoms with Gasteiger partial charge in [0.15, 0.2) is 5.01 Å². The first-order valence-corrected chi connectivity index (χ1v) is 9.41. The van der Waals surface area contributed by atoms with Crippen molar-refractivity contribution in [3.8, 4) is 0 Å². The maximum absolute atomic E-state index is 12.5. The highest BCUT2D eigenvalue weighted by atomic mass is 32.1. The van der Waals surface area contributed by atoms with Gasteiger partial charge in [0.2, 0.25) is 0 Å². The standard InChI is InChI=1S/C17H15N3O4S2/c1-3-24-17(23)20-13(21)10-6-7-25-15(10)19-14(22)16-18-11-5-4-9(2)8-12(11)26-16/h4-8H,3H2,1-2H3,(H,19,22)(H,20,21,23). The monoisotopic (exact) mass is 389 g/mol. The smallest absolute Gasteiger partial charge is 0.414 e. The van der Waals surface area contributed by atoms with Gasteiger partial charge < -0.3 is 10.1 Å². The van der Waals surface area contributed by atoms with Crippen LogP contribution in [0.15, 0.2) is 29.6 Å². The molecule has 3 aromatic rings. The lowest BCUT2D eigenvalue weighted by Gasteiger charge is -2.06. The van der Waals surface area contributed by atoms with Crippen molar-refractivity contribution in [1.82, 2.24) is 10.3 Å². The van der Waals surface area contributed by atoms with Gasteiger partial charge in [-0.3, -0.25) is 14.9 Å². The number of thiophene rings is 1. The lowest BCUT2D eigenvalue weighted by atomic mass is 10.2. The number of amides is 3. The minimum Gasteiger partial charge on any atom is -0.450 e. The first-order valence-electron chi connectivity index (χ1n) is 7.72. The highest BCUT2D eigenvalue weighted by Gasteiger charge is 2.20. The largest absolute Gasteiger partial charge is 0.450 e. The molecule has 2 heterocycles. The van der Waals surface area contributed by atoms with E-state index in [0.717, 1.165) is 15.8 Å². The zero-order valence-corrected chi connectivity index (χ0v) is 15.6. The summed E-state index contributed by atoms with van der Waals surface area (Å²) in [6.07, 6.45) is -0.831. The number of nitrogens with one attached hydrogen (secondary N) is 2. The summed E-state index contributed by atoms with van der Waals surface area (Å²) in [6, 6.07) is 7.28. The molecule has 0 spiro atoms. The van der Waals surface area contributed by atoms with Gasteiger partial charge in [0.05, 0.1) is 22.4 Å². The van der Waals surface area contributed by atoms with E-state index in [4.69, 9.17) is 0 Å². The summed E-state index contributed by atoms with van der Waals surface area (Å²) in [7, 11) is 0. The van der Waals surface area contributed by atoms with Gasteiger partial charge in [0.25, 0.3) is 11.8 Å². The fourth-order valence-electron chi connectivity index (χ4n) is 2.20. The normalized spacial score (nSPS) is 10.5. The lowest BCUT2D eigenvalue weighted by molar-refractivity contribution is 0.0926. The van der Waals surface area contributed by atoms with Crippen LogP contribution in [0, 0.1) is 6.92 Å². The molecule has 2 N–H and O–H groups in total. The molecule has 0 saturated heterocycles. The van der Waals surface area contributed by atoms with E-state index in [1.165, 1.54) is 28.7 Å². The Morgan fingerprint density at radius 1 is 1.19 bits per heavy atom. The number of ether oxygens (including phenoxy) is 1. The van der Waals surface area contributed by atoms with Crippen molar-refractivity contribution in [1.29, 1.82) is 0 Å². The third-order valence-corrected chi connectivity index (χ3v) is 5.21. The molecule has 0 fully saturated rings. The van der Waals surface area contributed by atoms with Crippen LogP contribution in [0.2, 0.25) is 0 Å². The third kappa shape index (κ3) is 3.89. The molecule has 0 radical (unpaired) electrons. The van der Waals surface area contributed by atoms with Crippen LogP contribution in [0.1, 0.15) is 32.6 Å². The maximum atomic E-state index is 12.5. The third-order valence-electron chi connectivity index (χ3n) is 3.37. The average molecular weight is 389 g/mol. The molecule has 9 heteroatoms. The highest BCUT2D eigenvalue weighted by molar-refractivity contribution is 7.20. The van der Waals surface area contributed by atoms with Gasteiger partial charge in [0.1, 0.15) is 5.00 Å². The Labute approximate surface area is 157 Å². The second kappa shape index (κ2) is 7.63. The molecule has 134 valence electrons. The van der Waals surface area contributed by atoms with E-state index >= 15 is 0 Å². The molecule has 0 atom stereocenters. The van der Waals surface area contributed by atoms with Gasteiger partial charge in [0, 0.05) is 0 Å². The molecule has 0 saturated carbocycles. The number of anilines is 1. The van der Waals surface area contributed by atoms with Crippen LogP contribution in [-0.4, -0.2) is 29.5 Å². The summed E-state index contributed by atoms with van der Waals surface area (Å²) in [6.45, 7) is 3.77. The maximum Gasteiger partial charge on any atom is 0.414 e. The van der Waals surface area contributed by atoms with Crippen LogP contribution in [0.4, 0.5) is 9.80 Å². The predicted octanol–water partition coefficient (Wildman–Crippen LogP) is 3.80. The number of thiazole rings is 1. The Kier molecular flexibility index (Phi) is 5.29. The van der Waals surface area contributed by atoms with Crippen molar-refractivity contribution in [3.05, 3.63) is 45.8 Å². The summed E-state index contributed by atoms with van der Waals surface area (Å²) in [4.78, 5) is 40.3. The number of imide groups is 1. The number of hydrogen-bond acceptors (Lipinski definition) is 7. The van der Waals surface area contributed by atoms with E-state index in [-0.39, 0.29) is 12.2 Å². The summed E-state index contributed by atoms with van der Waals surface area (Å²) in [5, 5.41) is 7.08. The number of fused-ring (bicyclic) bond motifs is 1. The molecule has 0 aliphatic rings. The van der Waals surface area contributed by atoms with Crippen LogP contribution in [0.3, 0.4) is 0 Å². The van der Waals surface area contributed by atoms with E-state index in [1.54, 1.807) is 12.3 Å². The topological polar surface area (TPSA) is 97.4 Å². The van der Waals surface area contributed by atoms with Crippen molar-refractivity contribution in [2.24, 2.45) is 0 Å². The average Bonchev–Trinajstić information content (AvgIpc) is 3.21. The molecule has 0 aliphatic carbocycles. The Hall–Kier alpha value is -2.78. The van der Waals surface area contributed by atoms with Crippen LogP contribution < -0.4 is 10.6 Å². The Bertz CT molecular complexity index is 993. The Balaban J connectivity index is 1.76. The van der Waals surface area contributed by atoms with Crippen LogP contribution in [-0.2, 0) is 4.74 Å². The van der Waals surface area contributed by atoms with Crippen molar-refractivity contribution < 1.29 is 19.1 Å². The SMILES string of the molecule is CCOC(=O)NC(=O)c1ccsc1NC(=O)c1nc2ccc(C)cc2s1. The number of rotatable bonds is 4. The number of aryl methyl sites for hydroxylation is 1. The van der Waals surface area contributed by atoms with Gasteiger partial charge >= 0.3 is 6.09 Å². The van der Waals surface area contributed by atoms with Crippen LogP contribution in [0.5, 0.6) is 0 Å². The first-order chi connectivity index (χ1) is 12.5. The summed E-state index contributed by atoms with van der Waals surface area (Å²) in [5.74, 6) is -1.04. The van der Waals surface area contributed by atoms with Crippen molar-refractivity contribution in [2.45, 2.75) is 13.8 Å². The number of nitrogens with zero attached hydrogens (tertiary/aromatic N) is 1. The lowest BCUT2D eigenvalue weighted by Crippen LogP contribution is -2.31. The number of alkyl carbamates (subject to hydrolysis) is 1. The molecular formula is C17H15N3O4S2. The molecule has 3 amide bonds. The molecule has 0 aliphatic heterocycles. The molecule has 3 rings (SSSR count). The quantitative estimate of drug-likeness (QED) is 0.707. The summed E-state index contributed by atoms with van der Waals surface area (Å²) in [5.41, 5.74) is 2.02. The van der Waals surface area contributed by atoms with E-state index in [1.807, 2.05) is 25.1 Å². The zero-order valence-electron chi connectivity index (χ0n) is 14.0. The van der Waals surface area contributed by atoms with Gasteiger partial charge in [-0.2, -0.15) is 0 Å². The highest BCUT2D eigenvalue weighted by Crippen LogP contribution is 2.27. The zero-order chi connectivity index (χ0) is 18.7. The van der Waals surface area contributed by atoms with Crippen molar-refractivity contribution in [2.75, 3.05) is 11.9 Å². The number of carbonyl (C=O) groups is 3. The summed E-state index contributed by atoms with van der Waals surface area (Å²) >= 11 is 2.46. The fraction of sp³-hybridized carbons (Fsp3) is 0.176. The molecule has 0 bridgehead atoms. The minimum absolute atomic E-state index is 0.156. The van der Waals surface area contributed by atoms with Gasteiger partial charge in [-0.15, -0.1) is 22.7 Å². The molecule has 2 aromatic heterocycles. The molecule has 7 nitrogen and oxygen atoms in total. The second-order valence-corrected chi connectivity index (χ2v) is 7.23. The van der Waals surface area contributed by atoms with Crippen molar-refractivity contribution >= 4 is 55.8 Å². The van der Waals surface area contributed by atoms with Crippen LogP contribution in [0.25, 0.3) is 10.2 Å². The molecular weight excluding hydrogens is 374 g/mol. The minimum atomic E-state index is -0.831.